The summed E-state index contributed by atoms with van der Waals surface area (Å²) in [4.78, 5) is 4.05. The lowest BCUT2D eigenvalue weighted by Gasteiger charge is -2.07. The average molecular weight is 243 g/mol. The summed E-state index contributed by atoms with van der Waals surface area (Å²) < 4.78 is 24.0. The molecule has 6 heteroatoms. The molecule has 0 spiro atoms. The molecule has 0 atom stereocenters. The summed E-state index contributed by atoms with van der Waals surface area (Å²) in [5.74, 6) is 0.166. The number of nitrogens with zero attached hydrogens (tertiary/aromatic N) is 2. The van der Waals surface area contributed by atoms with Crippen molar-refractivity contribution in [1.29, 1.82) is 0 Å². The van der Waals surface area contributed by atoms with Gasteiger partial charge in [0.05, 0.1) is 17.8 Å². The lowest BCUT2D eigenvalue weighted by atomic mass is 10.4. The zero-order valence-corrected chi connectivity index (χ0v) is 10.2. The van der Waals surface area contributed by atoms with Crippen molar-refractivity contribution in [3.8, 4) is 0 Å². The predicted molar refractivity (Wildman–Crippen MR) is 61.8 cm³/mol. The van der Waals surface area contributed by atoms with Gasteiger partial charge in [-0.25, -0.2) is 13.4 Å². The van der Waals surface area contributed by atoms with Crippen LogP contribution in [-0.2, 0) is 22.9 Å². The highest BCUT2D eigenvalue weighted by Crippen LogP contribution is 2.19. The Morgan fingerprint density at radius 1 is 1.56 bits per heavy atom. The molecule has 1 aliphatic rings. The predicted octanol–water partition coefficient (Wildman–Crippen LogP) is 0.180. The monoisotopic (exact) mass is 243 g/mol. The van der Waals surface area contributed by atoms with Gasteiger partial charge in [-0.3, -0.25) is 0 Å². The van der Waals surface area contributed by atoms with E-state index in [2.05, 4.69) is 10.3 Å². The van der Waals surface area contributed by atoms with Crippen LogP contribution in [0.25, 0.3) is 0 Å². The second kappa shape index (κ2) is 4.55. The summed E-state index contributed by atoms with van der Waals surface area (Å²) in [7, 11) is -2.90. The first kappa shape index (κ1) is 11.6. The van der Waals surface area contributed by atoms with Crippen molar-refractivity contribution >= 4 is 9.84 Å². The first-order chi connectivity index (χ1) is 7.54. The largest absolute Gasteiger partial charge is 0.332 e. The molecule has 0 bridgehead atoms. The van der Waals surface area contributed by atoms with Crippen molar-refractivity contribution in [2.45, 2.75) is 32.0 Å². The Kier molecular flexibility index (Phi) is 3.30. The summed E-state index contributed by atoms with van der Waals surface area (Å²) >= 11 is 0. The highest BCUT2D eigenvalue weighted by Gasteiger charge is 2.20. The minimum Gasteiger partial charge on any atom is -0.332 e. The Balaban J connectivity index is 1.89. The van der Waals surface area contributed by atoms with Crippen LogP contribution in [0.2, 0.25) is 0 Å². The van der Waals surface area contributed by atoms with Gasteiger partial charge in [0.25, 0.3) is 0 Å². The van der Waals surface area contributed by atoms with Crippen LogP contribution in [0.5, 0.6) is 0 Å². The van der Waals surface area contributed by atoms with E-state index in [0.717, 1.165) is 12.2 Å². The Hall–Kier alpha value is -0.880. The van der Waals surface area contributed by atoms with Crippen molar-refractivity contribution in [1.82, 2.24) is 14.9 Å². The molecule has 1 N–H and O–H groups in total. The molecule has 0 amide bonds. The number of nitrogens with one attached hydrogen (secondary N) is 1. The summed E-state index contributed by atoms with van der Waals surface area (Å²) in [5, 5.41) is 3.39. The molecule has 16 heavy (non-hydrogen) atoms. The van der Waals surface area contributed by atoms with Gasteiger partial charge in [0, 0.05) is 31.6 Å². The molecule has 0 aromatic carbocycles. The van der Waals surface area contributed by atoms with Crippen molar-refractivity contribution < 1.29 is 8.42 Å². The average Bonchev–Trinajstić information content (AvgIpc) is 2.90. The zero-order chi connectivity index (χ0) is 11.6. The van der Waals surface area contributed by atoms with Crippen LogP contribution in [0, 0.1) is 0 Å². The van der Waals surface area contributed by atoms with E-state index < -0.39 is 9.84 Å². The van der Waals surface area contributed by atoms with E-state index in [-0.39, 0.29) is 5.75 Å². The van der Waals surface area contributed by atoms with E-state index in [1.54, 1.807) is 12.5 Å². The lowest BCUT2D eigenvalue weighted by Crippen LogP contribution is -2.19. The van der Waals surface area contributed by atoms with Crippen molar-refractivity contribution in [3.63, 3.8) is 0 Å². The molecule has 1 fully saturated rings. The van der Waals surface area contributed by atoms with Gasteiger partial charge in [-0.1, -0.05) is 0 Å². The fraction of sp³-hybridized carbons (Fsp3) is 0.700. The van der Waals surface area contributed by atoms with E-state index in [4.69, 9.17) is 0 Å². The van der Waals surface area contributed by atoms with Gasteiger partial charge in [-0.05, 0) is 12.8 Å². The maximum Gasteiger partial charge on any atom is 0.149 e. The number of sulfone groups is 1. The molecule has 1 aromatic heterocycles. The second-order valence-corrected chi connectivity index (χ2v) is 6.62. The van der Waals surface area contributed by atoms with E-state index in [1.807, 2.05) is 4.57 Å². The summed E-state index contributed by atoms with van der Waals surface area (Å²) in [6.07, 6.45) is 7.23. The maximum absolute atomic E-state index is 11.1. The van der Waals surface area contributed by atoms with Crippen LogP contribution >= 0.6 is 0 Å². The number of hydrogen-bond acceptors (Lipinski definition) is 4. The van der Waals surface area contributed by atoms with Gasteiger partial charge < -0.3 is 9.88 Å². The topological polar surface area (TPSA) is 64.0 Å². The Labute approximate surface area is 95.8 Å². The molecule has 0 aliphatic heterocycles. The van der Waals surface area contributed by atoms with Gasteiger partial charge >= 0.3 is 0 Å². The number of aryl methyl sites for hydroxylation is 1. The molecule has 0 unspecified atom stereocenters. The molecule has 5 nitrogen and oxygen atoms in total. The van der Waals surface area contributed by atoms with Gasteiger partial charge in [-0.15, -0.1) is 0 Å². The normalized spacial score (nSPS) is 16.6. The minimum atomic E-state index is -2.90. The first-order valence-electron chi connectivity index (χ1n) is 5.45. The van der Waals surface area contributed by atoms with Gasteiger partial charge in [0.1, 0.15) is 9.84 Å². The number of imidazole rings is 1. The smallest absolute Gasteiger partial charge is 0.149 e. The molecular formula is C10H17N3O2S. The van der Waals surface area contributed by atoms with Crippen LogP contribution in [0.15, 0.2) is 12.5 Å². The quantitative estimate of drug-likeness (QED) is 0.774. The third kappa shape index (κ3) is 3.61. The lowest BCUT2D eigenvalue weighted by molar-refractivity contribution is 0.587. The maximum atomic E-state index is 11.1. The van der Waals surface area contributed by atoms with Crippen LogP contribution in [-0.4, -0.2) is 36.0 Å². The fourth-order valence-electron chi connectivity index (χ4n) is 1.50. The summed E-state index contributed by atoms with van der Waals surface area (Å²) in [6.45, 7) is 1.26. The Morgan fingerprint density at radius 3 is 2.94 bits per heavy atom. The van der Waals surface area contributed by atoms with Crippen LogP contribution in [0.4, 0.5) is 0 Å². The van der Waals surface area contributed by atoms with Gasteiger partial charge in [0.15, 0.2) is 0 Å². The van der Waals surface area contributed by atoms with Gasteiger partial charge in [0.2, 0.25) is 0 Å². The van der Waals surface area contributed by atoms with Crippen molar-refractivity contribution in [2.24, 2.45) is 0 Å². The number of aromatic nitrogens is 2. The van der Waals surface area contributed by atoms with E-state index >= 15 is 0 Å². The van der Waals surface area contributed by atoms with E-state index in [0.29, 0.717) is 12.6 Å². The van der Waals surface area contributed by atoms with Gasteiger partial charge in [-0.2, -0.15) is 0 Å². The molecule has 1 aromatic rings. The molecule has 1 aliphatic carbocycles. The van der Waals surface area contributed by atoms with E-state index in [1.165, 1.54) is 19.1 Å². The highest BCUT2D eigenvalue weighted by molar-refractivity contribution is 7.90. The Morgan fingerprint density at radius 2 is 2.31 bits per heavy atom. The van der Waals surface area contributed by atoms with Crippen LogP contribution < -0.4 is 5.32 Å². The van der Waals surface area contributed by atoms with Crippen molar-refractivity contribution in [3.05, 3.63) is 18.2 Å². The zero-order valence-electron chi connectivity index (χ0n) is 9.39. The van der Waals surface area contributed by atoms with Crippen LogP contribution in [0.3, 0.4) is 0 Å². The third-order valence-corrected chi connectivity index (χ3v) is 3.57. The first-order valence-corrected chi connectivity index (χ1v) is 7.51. The second-order valence-electron chi connectivity index (χ2n) is 4.36. The molecule has 1 heterocycles. The summed E-state index contributed by atoms with van der Waals surface area (Å²) in [6, 6.07) is 0.651. The number of hydrogen-bond donors (Lipinski definition) is 1. The summed E-state index contributed by atoms with van der Waals surface area (Å²) in [5.41, 5.74) is 1.05. The Bertz CT molecular complexity index is 448. The highest BCUT2D eigenvalue weighted by atomic mass is 32.2. The SMILES string of the molecule is CS(=O)(=O)CCn1cncc1CNC1CC1. The molecular weight excluding hydrogens is 226 g/mol. The fourth-order valence-corrected chi connectivity index (χ4v) is 2.03. The minimum absolute atomic E-state index is 0.166. The molecule has 1 saturated carbocycles. The number of rotatable bonds is 6. The van der Waals surface area contributed by atoms with Crippen molar-refractivity contribution in [2.75, 3.05) is 12.0 Å². The van der Waals surface area contributed by atoms with Crippen LogP contribution in [0.1, 0.15) is 18.5 Å². The standard InChI is InChI=1S/C10H17N3O2S/c1-16(14,15)5-4-13-8-11-6-10(13)7-12-9-2-3-9/h6,8-9,12H,2-5,7H2,1H3. The molecule has 0 radical (unpaired) electrons. The van der Waals surface area contributed by atoms with E-state index in [9.17, 15) is 8.42 Å². The molecule has 90 valence electrons. The third-order valence-electron chi connectivity index (χ3n) is 2.65. The molecule has 2 rings (SSSR count). The molecule has 0 saturated heterocycles.